The van der Waals surface area contributed by atoms with Crippen LogP contribution >= 0.6 is 11.8 Å². The highest BCUT2D eigenvalue weighted by molar-refractivity contribution is 8.00. The third-order valence-corrected chi connectivity index (χ3v) is 7.69. The van der Waals surface area contributed by atoms with E-state index in [4.69, 9.17) is 0 Å². The Hall–Kier alpha value is -3.42. The average molecular weight is 498 g/mol. The fraction of sp³-hybridized carbons (Fsp3) is 0.276. The van der Waals surface area contributed by atoms with Crippen LogP contribution in [0.2, 0.25) is 0 Å². The molecule has 1 aromatic heterocycles. The van der Waals surface area contributed by atoms with Crippen LogP contribution in [0, 0.1) is 13.8 Å². The number of anilines is 1. The molecule has 6 nitrogen and oxygen atoms in total. The first-order valence-corrected chi connectivity index (χ1v) is 13.3. The van der Waals surface area contributed by atoms with Crippen LogP contribution in [-0.2, 0) is 11.3 Å². The first-order chi connectivity index (χ1) is 17.6. The van der Waals surface area contributed by atoms with E-state index in [1.807, 2.05) is 74.5 Å². The summed E-state index contributed by atoms with van der Waals surface area (Å²) in [6.45, 7) is 6.94. The zero-order valence-electron chi connectivity index (χ0n) is 20.7. The summed E-state index contributed by atoms with van der Waals surface area (Å²) in [6.07, 6.45) is 2.44. The molecular formula is C29H31N5OS. The van der Waals surface area contributed by atoms with Gasteiger partial charge in [-0.2, -0.15) is 0 Å². The summed E-state index contributed by atoms with van der Waals surface area (Å²) < 4.78 is 2.10. The Morgan fingerprint density at radius 3 is 2.36 bits per heavy atom. The molecule has 0 saturated carbocycles. The molecule has 7 heteroatoms. The average Bonchev–Trinajstić information content (AvgIpc) is 3.56. The Bertz CT molecular complexity index is 1320. The molecule has 3 aromatic carbocycles. The molecule has 5 rings (SSSR count). The number of nitrogens with zero attached hydrogens (tertiary/aromatic N) is 4. The monoisotopic (exact) mass is 497 g/mol. The highest BCUT2D eigenvalue weighted by Crippen LogP contribution is 2.37. The highest BCUT2D eigenvalue weighted by atomic mass is 32.2. The number of benzene rings is 3. The van der Waals surface area contributed by atoms with Crippen molar-refractivity contribution in [1.82, 2.24) is 19.7 Å². The van der Waals surface area contributed by atoms with E-state index in [-0.39, 0.29) is 5.91 Å². The summed E-state index contributed by atoms with van der Waals surface area (Å²) in [4.78, 5) is 16.1. The number of carbonyl (C=O) groups is 1. The summed E-state index contributed by atoms with van der Waals surface area (Å²) in [6, 6.07) is 26.2. The summed E-state index contributed by atoms with van der Waals surface area (Å²) in [5.41, 5.74) is 4.90. The SMILES string of the molecule is Cc1ccc(C)c(NC(=O)C(Sc2nnc(CN3CCCC3)n2-c2ccccc2)c2ccccc2)c1. The molecule has 1 aliphatic heterocycles. The molecule has 1 aliphatic rings. The normalized spacial score (nSPS) is 14.6. The van der Waals surface area contributed by atoms with Crippen molar-refractivity contribution in [1.29, 1.82) is 0 Å². The second-order valence-corrected chi connectivity index (χ2v) is 10.3. The van der Waals surface area contributed by atoms with E-state index in [1.54, 1.807) is 0 Å². The third-order valence-electron chi connectivity index (χ3n) is 6.49. The summed E-state index contributed by atoms with van der Waals surface area (Å²) in [5, 5.41) is 12.6. The number of likely N-dealkylation sites (tertiary alicyclic amines) is 1. The number of carbonyl (C=O) groups excluding carboxylic acids is 1. The molecule has 4 aromatic rings. The second kappa shape index (κ2) is 11.1. The van der Waals surface area contributed by atoms with Crippen molar-refractivity contribution < 1.29 is 4.79 Å². The number of hydrogen-bond acceptors (Lipinski definition) is 5. The number of thioether (sulfide) groups is 1. The van der Waals surface area contributed by atoms with Gasteiger partial charge in [-0.25, -0.2) is 0 Å². The summed E-state index contributed by atoms with van der Waals surface area (Å²) in [5.74, 6) is 0.816. The molecule has 1 saturated heterocycles. The number of amides is 1. The molecule has 1 atom stereocenters. The van der Waals surface area contributed by atoms with Crippen molar-refractivity contribution >= 4 is 23.4 Å². The van der Waals surface area contributed by atoms with Crippen molar-refractivity contribution in [3.63, 3.8) is 0 Å². The zero-order chi connectivity index (χ0) is 24.9. The van der Waals surface area contributed by atoms with Gasteiger partial charge in [-0.1, -0.05) is 72.4 Å². The molecule has 1 unspecified atom stereocenters. The summed E-state index contributed by atoms with van der Waals surface area (Å²) >= 11 is 1.44. The molecule has 0 spiro atoms. The van der Waals surface area contributed by atoms with Crippen LogP contribution in [0.3, 0.4) is 0 Å². The van der Waals surface area contributed by atoms with E-state index in [0.717, 1.165) is 53.5 Å². The van der Waals surface area contributed by atoms with Crippen molar-refractivity contribution in [2.75, 3.05) is 18.4 Å². The maximum absolute atomic E-state index is 13.7. The minimum atomic E-state index is -0.489. The van der Waals surface area contributed by atoms with Gasteiger partial charge in [0.2, 0.25) is 5.91 Å². The maximum Gasteiger partial charge on any atom is 0.242 e. The van der Waals surface area contributed by atoms with E-state index >= 15 is 0 Å². The third kappa shape index (κ3) is 5.53. The van der Waals surface area contributed by atoms with Gasteiger partial charge in [-0.05, 0) is 74.7 Å². The van der Waals surface area contributed by atoms with Gasteiger partial charge in [0.15, 0.2) is 11.0 Å². The Balaban J connectivity index is 1.50. The number of rotatable bonds is 8. The fourth-order valence-corrected chi connectivity index (χ4v) is 5.61. The van der Waals surface area contributed by atoms with Gasteiger partial charge in [-0.3, -0.25) is 14.3 Å². The Labute approximate surface area is 216 Å². The lowest BCUT2D eigenvalue weighted by Crippen LogP contribution is -2.22. The van der Waals surface area contributed by atoms with Gasteiger partial charge in [0, 0.05) is 11.4 Å². The number of hydrogen-bond donors (Lipinski definition) is 1. The standard InChI is InChI=1S/C29H31N5OS/c1-21-15-16-22(2)25(19-21)30-28(35)27(23-11-5-3-6-12-23)36-29-32-31-26(20-33-17-9-10-18-33)34(29)24-13-7-4-8-14-24/h3-8,11-16,19,27H,9-10,17-18,20H2,1-2H3,(H,30,35). The lowest BCUT2D eigenvalue weighted by molar-refractivity contribution is -0.115. The second-order valence-electron chi connectivity index (χ2n) is 9.27. The van der Waals surface area contributed by atoms with Gasteiger partial charge in [0.25, 0.3) is 0 Å². The molecule has 0 aliphatic carbocycles. The predicted molar refractivity (Wildman–Crippen MR) is 145 cm³/mol. The lowest BCUT2D eigenvalue weighted by atomic mass is 10.1. The van der Waals surface area contributed by atoms with E-state index in [2.05, 4.69) is 43.2 Å². The van der Waals surface area contributed by atoms with Crippen LogP contribution in [-0.4, -0.2) is 38.7 Å². The van der Waals surface area contributed by atoms with Crippen molar-refractivity contribution in [2.24, 2.45) is 0 Å². The molecule has 184 valence electrons. The van der Waals surface area contributed by atoms with Gasteiger partial charge >= 0.3 is 0 Å². The quantitative estimate of drug-likeness (QED) is 0.305. The molecule has 36 heavy (non-hydrogen) atoms. The van der Waals surface area contributed by atoms with E-state index in [0.29, 0.717) is 5.16 Å². The smallest absolute Gasteiger partial charge is 0.242 e. The van der Waals surface area contributed by atoms with Crippen LogP contribution in [0.4, 0.5) is 5.69 Å². The number of para-hydroxylation sites is 1. The van der Waals surface area contributed by atoms with E-state index in [1.165, 1.54) is 24.6 Å². The molecule has 0 radical (unpaired) electrons. The fourth-order valence-electron chi connectivity index (χ4n) is 4.53. The van der Waals surface area contributed by atoms with Crippen LogP contribution in [0.25, 0.3) is 5.69 Å². The molecule has 1 fully saturated rings. The minimum absolute atomic E-state index is 0.0800. The van der Waals surface area contributed by atoms with Crippen LogP contribution < -0.4 is 5.32 Å². The largest absolute Gasteiger partial charge is 0.325 e. The summed E-state index contributed by atoms with van der Waals surface area (Å²) in [7, 11) is 0. The predicted octanol–water partition coefficient (Wildman–Crippen LogP) is 5.95. The Morgan fingerprint density at radius 1 is 0.944 bits per heavy atom. The van der Waals surface area contributed by atoms with Crippen LogP contribution in [0.15, 0.2) is 84.0 Å². The van der Waals surface area contributed by atoms with Gasteiger partial charge < -0.3 is 5.32 Å². The van der Waals surface area contributed by atoms with Gasteiger partial charge in [0.1, 0.15) is 5.25 Å². The lowest BCUT2D eigenvalue weighted by Gasteiger charge is -2.19. The van der Waals surface area contributed by atoms with Gasteiger partial charge in [-0.15, -0.1) is 10.2 Å². The molecule has 1 amide bonds. The van der Waals surface area contributed by atoms with Crippen molar-refractivity contribution in [2.45, 2.75) is 43.6 Å². The van der Waals surface area contributed by atoms with E-state index < -0.39 is 5.25 Å². The minimum Gasteiger partial charge on any atom is -0.325 e. The Morgan fingerprint density at radius 2 is 1.64 bits per heavy atom. The zero-order valence-corrected chi connectivity index (χ0v) is 21.5. The molecular weight excluding hydrogens is 466 g/mol. The van der Waals surface area contributed by atoms with Crippen molar-refractivity contribution in [3.05, 3.63) is 101 Å². The molecule has 0 bridgehead atoms. The van der Waals surface area contributed by atoms with Crippen molar-refractivity contribution in [3.8, 4) is 5.69 Å². The number of nitrogens with one attached hydrogen (secondary N) is 1. The first kappa shape index (κ1) is 24.3. The van der Waals surface area contributed by atoms with Gasteiger partial charge in [0.05, 0.1) is 6.54 Å². The Kier molecular flexibility index (Phi) is 7.49. The van der Waals surface area contributed by atoms with Crippen LogP contribution in [0.5, 0.6) is 0 Å². The number of aromatic nitrogens is 3. The number of aryl methyl sites for hydroxylation is 2. The molecule has 1 N–H and O–H groups in total. The van der Waals surface area contributed by atoms with Crippen LogP contribution in [0.1, 0.15) is 40.6 Å². The highest BCUT2D eigenvalue weighted by Gasteiger charge is 2.27. The van der Waals surface area contributed by atoms with E-state index in [9.17, 15) is 4.79 Å². The first-order valence-electron chi connectivity index (χ1n) is 12.4. The maximum atomic E-state index is 13.7. The molecule has 2 heterocycles. The topological polar surface area (TPSA) is 63.1 Å².